The Morgan fingerprint density at radius 1 is 1.19 bits per heavy atom. The monoisotopic (exact) mass is 389 g/mol. The lowest BCUT2D eigenvalue weighted by atomic mass is 10.2. The lowest BCUT2D eigenvalue weighted by Crippen LogP contribution is -2.36. The van der Waals surface area contributed by atoms with Gasteiger partial charge < -0.3 is 4.74 Å². The largest absolute Gasteiger partial charge is 0.493 e. The normalized spacial score (nSPS) is 11.7. The van der Waals surface area contributed by atoms with Crippen molar-refractivity contribution < 1.29 is 17.9 Å². The maximum atomic E-state index is 12.5. The molecule has 0 aliphatic rings. The van der Waals surface area contributed by atoms with Gasteiger partial charge >= 0.3 is 0 Å². The summed E-state index contributed by atoms with van der Waals surface area (Å²) in [6, 6.07) is 13.7. The summed E-state index contributed by atoms with van der Waals surface area (Å²) < 4.78 is 31.4. The van der Waals surface area contributed by atoms with Crippen LogP contribution in [0.5, 0.6) is 5.75 Å². The van der Waals surface area contributed by atoms with Gasteiger partial charge in [0.05, 0.1) is 24.3 Å². The van der Waals surface area contributed by atoms with Gasteiger partial charge in [0.25, 0.3) is 5.91 Å². The quantitative estimate of drug-likeness (QED) is 0.554. The molecule has 0 bridgehead atoms. The highest BCUT2D eigenvalue weighted by molar-refractivity contribution is 7.89. The first-order valence-electron chi connectivity index (χ1n) is 8.41. The Labute approximate surface area is 159 Å². The van der Waals surface area contributed by atoms with Crippen LogP contribution in [0.2, 0.25) is 0 Å². The maximum Gasteiger partial charge on any atom is 0.255 e. The van der Waals surface area contributed by atoms with Crippen LogP contribution in [-0.2, 0) is 14.8 Å². The summed E-state index contributed by atoms with van der Waals surface area (Å²) in [5.74, 6) is 0.107. The van der Waals surface area contributed by atoms with Gasteiger partial charge in [0, 0.05) is 12.6 Å². The van der Waals surface area contributed by atoms with Gasteiger partial charge in [0.15, 0.2) is 0 Å². The number of para-hydroxylation sites is 1. The molecule has 0 saturated heterocycles. The van der Waals surface area contributed by atoms with Crippen molar-refractivity contribution in [2.45, 2.75) is 18.7 Å². The minimum atomic E-state index is -3.74. The molecule has 0 heterocycles. The van der Waals surface area contributed by atoms with Gasteiger partial charge in [-0.1, -0.05) is 29.8 Å². The number of rotatable bonds is 8. The molecule has 0 atom stereocenters. The zero-order valence-electron chi connectivity index (χ0n) is 15.5. The Balaban J connectivity index is 1.98. The molecule has 0 radical (unpaired) electrons. The number of ether oxygens (including phenoxy) is 1. The number of likely N-dealkylation sites (N-methyl/N-ethyl adjacent to an activating group) is 1. The highest BCUT2D eigenvalue weighted by Gasteiger charge is 2.22. The topological polar surface area (TPSA) is 88.1 Å². The van der Waals surface area contributed by atoms with Crippen molar-refractivity contribution in [3.05, 3.63) is 59.7 Å². The predicted octanol–water partition coefficient (Wildman–Crippen LogP) is 2.16. The fourth-order valence-corrected chi connectivity index (χ4v) is 3.39. The molecule has 0 aromatic heterocycles. The van der Waals surface area contributed by atoms with Crippen molar-refractivity contribution >= 4 is 22.1 Å². The summed E-state index contributed by atoms with van der Waals surface area (Å²) in [5, 5.41) is 3.88. The summed E-state index contributed by atoms with van der Waals surface area (Å²) in [5.41, 5.74) is 4.00. The van der Waals surface area contributed by atoms with E-state index in [2.05, 4.69) is 10.5 Å². The summed E-state index contributed by atoms with van der Waals surface area (Å²) >= 11 is 0. The second kappa shape index (κ2) is 9.29. The average molecular weight is 389 g/mol. The van der Waals surface area contributed by atoms with Gasteiger partial charge in [-0.2, -0.15) is 9.41 Å². The number of hydrogen-bond donors (Lipinski definition) is 1. The van der Waals surface area contributed by atoms with Gasteiger partial charge in [0.1, 0.15) is 5.75 Å². The molecule has 8 heteroatoms. The molecule has 0 saturated carbocycles. The number of nitrogens with zero attached hydrogens (tertiary/aromatic N) is 2. The van der Waals surface area contributed by atoms with E-state index in [-0.39, 0.29) is 11.4 Å². The van der Waals surface area contributed by atoms with E-state index in [4.69, 9.17) is 4.74 Å². The minimum absolute atomic E-state index is 0.137. The molecule has 144 valence electrons. The minimum Gasteiger partial charge on any atom is -0.493 e. The van der Waals surface area contributed by atoms with Gasteiger partial charge in [-0.15, -0.1) is 0 Å². The molecule has 2 aromatic carbocycles. The average Bonchev–Trinajstić information content (AvgIpc) is 2.63. The number of benzene rings is 2. The summed E-state index contributed by atoms with van der Waals surface area (Å²) in [6.07, 6.45) is 1.46. The molecule has 2 aromatic rings. The van der Waals surface area contributed by atoms with Crippen molar-refractivity contribution in [2.24, 2.45) is 5.10 Å². The van der Waals surface area contributed by atoms with Crippen molar-refractivity contribution in [1.82, 2.24) is 9.73 Å². The second-order valence-electron chi connectivity index (χ2n) is 5.84. The molecule has 0 spiro atoms. The van der Waals surface area contributed by atoms with E-state index in [1.165, 1.54) is 25.4 Å². The zero-order chi connectivity index (χ0) is 19.9. The van der Waals surface area contributed by atoms with Crippen LogP contribution in [0.4, 0.5) is 0 Å². The van der Waals surface area contributed by atoms with E-state index in [1.807, 2.05) is 26.0 Å². The van der Waals surface area contributed by atoms with Crippen LogP contribution in [0, 0.1) is 6.92 Å². The van der Waals surface area contributed by atoms with E-state index in [0.717, 1.165) is 9.87 Å². The first-order valence-corrected chi connectivity index (χ1v) is 9.85. The molecule has 0 aliphatic heterocycles. The predicted molar refractivity (Wildman–Crippen MR) is 104 cm³/mol. The Bertz CT molecular complexity index is 909. The third kappa shape index (κ3) is 5.63. The molecule has 1 amide bonds. The first kappa shape index (κ1) is 20.6. The van der Waals surface area contributed by atoms with E-state index >= 15 is 0 Å². The number of carbonyl (C=O) groups is 1. The summed E-state index contributed by atoms with van der Waals surface area (Å²) in [4.78, 5) is 12.2. The number of nitrogens with one attached hydrogen (secondary N) is 1. The van der Waals surface area contributed by atoms with Crippen LogP contribution in [0.15, 0.2) is 58.5 Å². The van der Waals surface area contributed by atoms with Gasteiger partial charge in [-0.25, -0.2) is 13.8 Å². The third-order valence-electron chi connectivity index (χ3n) is 3.71. The Morgan fingerprint density at radius 3 is 2.52 bits per heavy atom. The van der Waals surface area contributed by atoms with Crippen molar-refractivity contribution in [3.63, 3.8) is 0 Å². The van der Waals surface area contributed by atoms with E-state index in [1.54, 1.807) is 24.3 Å². The van der Waals surface area contributed by atoms with Gasteiger partial charge in [0.2, 0.25) is 10.0 Å². The Morgan fingerprint density at radius 2 is 1.85 bits per heavy atom. The fraction of sp³-hybridized carbons (Fsp3) is 0.263. The first-order chi connectivity index (χ1) is 12.8. The SMILES string of the molecule is CCOc1ccccc1/C=N\NC(=O)CN(C)S(=O)(=O)c1ccc(C)cc1. The van der Waals surface area contributed by atoms with E-state index in [9.17, 15) is 13.2 Å². The number of amides is 1. The molecule has 0 unspecified atom stereocenters. The van der Waals surface area contributed by atoms with Crippen LogP contribution in [0.3, 0.4) is 0 Å². The highest BCUT2D eigenvalue weighted by atomic mass is 32.2. The van der Waals surface area contributed by atoms with Gasteiger partial charge in [-0.3, -0.25) is 4.79 Å². The van der Waals surface area contributed by atoms with E-state index < -0.39 is 15.9 Å². The Kier molecular flexibility index (Phi) is 7.09. The lowest BCUT2D eigenvalue weighted by Gasteiger charge is -2.16. The van der Waals surface area contributed by atoms with Crippen molar-refractivity contribution in [3.8, 4) is 5.75 Å². The number of hydrazone groups is 1. The second-order valence-corrected chi connectivity index (χ2v) is 7.88. The molecule has 7 nitrogen and oxygen atoms in total. The number of hydrogen-bond acceptors (Lipinski definition) is 5. The number of aryl methyl sites for hydroxylation is 1. The zero-order valence-corrected chi connectivity index (χ0v) is 16.4. The standard InChI is InChI=1S/C19H23N3O4S/c1-4-26-18-8-6-5-7-16(18)13-20-21-19(23)14-22(3)27(24,25)17-11-9-15(2)10-12-17/h5-13H,4,14H2,1-3H3,(H,21,23)/b20-13-. The molecule has 0 aliphatic carbocycles. The van der Waals surface area contributed by atoms with Gasteiger partial charge in [-0.05, 0) is 38.1 Å². The maximum absolute atomic E-state index is 12.5. The molecule has 27 heavy (non-hydrogen) atoms. The van der Waals surface area contributed by atoms with Crippen LogP contribution >= 0.6 is 0 Å². The Hall–Kier alpha value is -2.71. The van der Waals surface area contributed by atoms with Crippen LogP contribution in [-0.4, -0.2) is 45.0 Å². The van der Waals surface area contributed by atoms with Crippen LogP contribution < -0.4 is 10.2 Å². The molecule has 2 rings (SSSR count). The van der Waals surface area contributed by atoms with Crippen molar-refractivity contribution in [2.75, 3.05) is 20.2 Å². The lowest BCUT2D eigenvalue weighted by molar-refractivity contribution is -0.121. The van der Waals surface area contributed by atoms with Crippen LogP contribution in [0.1, 0.15) is 18.1 Å². The molecular weight excluding hydrogens is 366 g/mol. The molecule has 0 fully saturated rings. The molecule has 1 N–H and O–H groups in total. The third-order valence-corrected chi connectivity index (χ3v) is 5.52. The molecular formula is C19H23N3O4S. The number of carbonyl (C=O) groups excluding carboxylic acids is 1. The summed E-state index contributed by atoms with van der Waals surface area (Å²) in [7, 11) is -2.39. The van der Waals surface area contributed by atoms with E-state index in [0.29, 0.717) is 17.9 Å². The van der Waals surface area contributed by atoms with Crippen molar-refractivity contribution in [1.29, 1.82) is 0 Å². The fourth-order valence-electron chi connectivity index (χ4n) is 2.26. The summed E-state index contributed by atoms with van der Waals surface area (Å²) in [6.45, 7) is 3.91. The smallest absolute Gasteiger partial charge is 0.255 e. The highest BCUT2D eigenvalue weighted by Crippen LogP contribution is 2.16. The van der Waals surface area contributed by atoms with Crippen LogP contribution in [0.25, 0.3) is 0 Å². The number of sulfonamides is 1.